The Labute approximate surface area is 156 Å². The maximum Gasteiger partial charge on any atom is 0.340 e. The minimum Gasteiger partial charge on any atom is -0.467 e. The van der Waals surface area contributed by atoms with E-state index in [1.165, 1.54) is 12.5 Å². The van der Waals surface area contributed by atoms with Crippen molar-refractivity contribution in [3.63, 3.8) is 0 Å². The van der Waals surface area contributed by atoms with Crippen LogP contribution in [0.1, 0.15) is 16.1 Å². The first kappa shape index (κ1) is 17.7. The monoisotopic (exact) mass is 419 g/mol. The van der Waals surface area contributed by atoms with Crippen LogP contribution in [0.25, 0.3) is 10.9 Å². The summed E-state index contributed by atoms with van der Waals surface area (Å²) >= 11 is 3.34. The van der Waals surface area contributed by atoms with Crippen LogP contribution in [0.2, 0.25) is 0 Å². The Morgan fingerprint density at radius 3 is 2.85 bits per heavy atom. The molecule has 26 heavy (non-hydrogen) atoms. The Morgan fingerprint density at radius 1 is 1.23 bits per heavy atom. The Hall–Kier alpha value is -3.07. The highest BCUT2D eigenvalue weighted by molar-refractivity contribution is 9.10. The summed E-state index contributed by atoms with van der Waals surface area (Å²) in [6.07, 6.45) is 2.98. The van der Waals surface area contributed by atoms with Crippen LogP contribution in [-0.4, -0.2) is 29.5 Å². The first-order valence-corrected chi connectivity index (χ1v) is 8.36. The first-order chi connectivity index (χ1) is 12.5. The van der Waals surface area contributed by atoms with Crippen molar-refractivity contribution >= 4 is 44.7 Å². The fourth-order valence-corrected chi connectivity index (χ4v) is 2.62. The predicted octanol–water partition coefficient (Wildman–Crippen LogP) is 2.71. The molecule has 0 fully saturated rings. The number of amides is 3. The number of aromatic amines is 1. The molecule has 0 unspecified atom stereocenters. The van der Waals surface area contributed by atoms with E-state index in [4.69, 9.17) is 9.15 Å². The maximum atomic E-state index is 12.2. The molecule has 3 amide bonds. The normalized spacial score (nSPS) is 10.5. The number of hydrogen-bond acceptors (Lipinski definition) is 5. The molecular weight excluding hydrogens is 406 g/mol. The van der Waals surface area contributed by atoms with Crippen LogP contribution in [0.5, 0.6) is 0 Å². The van der Waals surface area contributed by atoms with E-state index >= 15 is 0 Å². The maximum absolute atomic E-state index is 12.2. The summed E-state index contributed by atoms with van der Waals surface area (Å²) < 4.78 is 10.8. The van der Waals surface area contributed by atoms with Gasteiger partial charge in [-0.25, -0.2) is 9.59 Å². The third-order valence-corrected chi connectivity index (χ3v) is 3.95. The van der Waals surface area contributed by atoms with E-state index in [0.29, 0.717) is 16.7 Å². The number of H-pyrrole nitrogens is 1. The second kappa shape index (κ2) is 7.87. The molecule has 0 radical (unpaired) electrons. The average molecular weight is 420 g/mol. The van der Waals surface area contributed by atoms with Gasteiger partial charge in [-0.2, -0.15) is 0 Å². The van der Waals surface area contributed by atoms with E-state index in [-0.39, 0.29) is 6.54 Å². The Bertz CT molecular complexity index is 949. The number of hydrogen-bond donors (Lipinski definition) is 3. The minimum atomic E-state index is -0.740. The molecule has 1 aromatic carbocycles. The molecule has 9 heteroatoms. The van der Waals surface area contributed by atoms with Crippen molar-refractivity contribution in [3.05, 3.63) is 58.6 Å². The molecule has 0 aliphatic rings. The molecule has 0 saturated carbocycles. The van der Waals surface area contributed by atoms with Crippen molar-refractivity contribution in [1.29, 1.82) is 0 Å². The number of nitrogens with one attached hydrogen (secondary N) is 3. The third-order valence-electron chi connectivity index (χ3n) is 3.45. The highest BCUT2D eigenvalue weighted by Crippen LogP contribution is 2.23. The van der Waals surface area contributed by atoms with Gasteiger partial charge in [0.2, 0.25) is 0 Å². The summed E-state index contributed by atoms with van der Waals surface area (Å²) in [5.74, 6) is -0.860. The molecule has 0 bridgehead atoms. The zero-order valence-corrected chi connectivity index (χ0v) is 15.0. The molecule has 134 valence electrons. The lowest BCUT2D eigenvalue weighted by Gasteiger charge is -2.06. The molecule has 0 spiro atoms. The summed E-state index contributed by atoms with van der Waals surface area (Å²) in [6, 6.07) is 8.07. The van der Waals surface area contributed by atoms with E-state index < -0.39 is 24.5 Å². The number of carbonyl (C=O) groups is 3. The lowest BCUT2D eigenvalue weighted by Crippen LogP contribution is -2.41. The van der Waals surface area contributed by atoms with E-state index in [1.54, 1.807) is 18.2 Å². The van der Waals surface area contributed by atoms with Gasteiger partial charge >= 0.3 is 12.0 Å². The smallest absolute Gasteiger partial charge is 0.340 e. The van der Waals surface area contributed by atoms with Gasteiger partial charge in [-0.15, -0.1) is 0 Å². The van der Waals surface area contributed by atoms with E-state index in [1.807, 2.05) is 12.1 Å². The molecule has 2 aromatic heterocycles. The number of ether oxygens (including phenoxy) is 1. The second-order valence-electron chi connectivity index (χ2n) is 5.28. The quantitative estimate of drug-likeness (QED) is 0.550. The first-order valence-electron chi connectivity index (χ1n) is 7.57. The minimum absolute atomic E-state index is 0.135. The Kier molecular flexibility index (Phi) is 5.37. The number of aromatic nitrogens is 1. The fourth-order valence-electron chi connectivity index (χ4n) is 2.26. The number of furan rings is 1. The molecule has 2 heterocycles. The van der Waals surface area contributed by atoms with Crippen LogP contribution < -0.4 is 10.6 Å². The summed E-state index contributed by atoms with van der Waals surface area (Å²) in [5, 5.41) is 5.18. The van der Waals surface area contributed by atoms with Crippen molar-refractivity contribution in [2.75, 3.05) is 6.61 Å². The van der Waals surface area contributed by atoms with Crippen molar-refractivity contribution in [1.82, 2.24) is 15.6 Å². The number of rotatable bonds is 5. The second-order valence-corrected chi connectivity index (χ2v) is 6.19. The molecule has 3 aromatic rings. The largest absolute Gasteiger partial charge is 0.467 e. The lowest BCUT2D eigenvalue weighted by atomic mass is 10.2. The predicted molar refractivity (Wildman–Crippen MR) is 95.4 cm³/mol. The zero-order valence-electron chi connectivity index (χ0n) is 13.4. The standard InChI is InChI=1S/C17H14BrN3O5/c18-10-3-4-14-12(6-10)13(8-19-14)16(23)26-9-15(22)21-17(24)20-7-11-2-1-5-25-11/h1-6,8,19H,7,9H2,(H2,20,21,22,24). The molecule has 0 saturated heterocycles. The van der Waals surface area contributed by atoms with Gasteiger partial charge < -0.3 is 19.5 Å². The topological polar surface area (TPSA) is 113 Å². The Balaban J connectivity index is 1.49. The number of halogens is 1. The van der Waals surface area contributed by atoms with Gasteiger partial charge in [-0.05, 0) is 30.3 Å². The van der Waals surface area contributed by atoms with Gasteiger partial charge in [0.25, 0.3) is 5.91 Å². The molecule has 0 aliphatic carbocycles. The number of carbonyl (C=O) groups excluding carboxylic acids is 3. The van der Waals surface area contributed by atoms with Crippen LogP contribution in [0.15, 0.2) is 51.7 Å². The summed E-state index contributed by atoms with van der Waals surface area (Å²) in [7, 11) is 0. The molecular formula is C17H14BrN3O5. The van der Waals surface area contributed by atoms with Gasteiger partial charge in [-0.1, -0.05) is 15.9 Å². The molecule has 3 rings (SSSR count). The number of fused-ring (bicyclic) bond motifs is 1. The molecule has 0 atom stereocenters. The van der Waals surface area contributed by atoms with Crippen molar-refractivity contribution in [2.45, 2.75) is 6.54 Å². The van der Waals surface area contributed by atoms with Crippen LogP contribution in [0, 0.1) is 0 Å². The summed E-state index contributed by atoms with van der Waals surface area (Å²) in [6.45, 7) is -0.441. The van der Waals surface area contributed by atoms with Gasteiger partial charge in [0.15, 0.2) is 6.61 Å². The average Bonchev–Trinajstić information content (AvgIpc) is 3.27. The van der Waals surface area contributed by atoms with Crippen molar-refractivity contribution in [3.8, 4) is 0 Å². The number of esters is 1. The molecule has 3 N–H and O–H groups in total. The van der Waals surface area contributed by atoms with Crippen molar-refractivity contribution < 1.29 is 23.5 Å². The lowest BCUT2D eigenvalue weighted by molar-refractivity contribution is -0.123. The van der Waals surface area contributed by atoms with E-state index in [2.05, 4.69) is 31.5 Å². The zero-order chi connectivity index (χ0) is 18.5. The third kappa shape index (κ3) is 4.31. The summed E-state index contributed by atoms with van der Waals surface area (Å²) in [5.41, 5.74) is 1.07. The van der Waals surface area contributed by atoms with Gasteiger partial charge in [0, 0.05) is 21.6 Å². The SMILES string of the molecule is O=C(COC(=O)c1c[nH]c2ccc(Br)cc12)NC(=O)NCc1ccco1. The Morgan fingerprint density at radius 2 is 2.08 bits per heavy atom. The van der Waals surface area contributed by atoms with Crippen LogP contribution in [0.4, 0.5) is 4.79 Å². The number of imide groups is 1. The number of benzene rings is 1. The van der Waals surface area contributed by atoms with Crippen molar-refractivity contribution in [2.24, 2.45) is 0 Å². The molecule has 8 nitrogen and oxygen atoms in total. The van der Waals surface area contributed by atoms with E-state index in [0.717, 1.165) is 9.99 Å². The van der Waals surface area contributed by atoms with Crippen LogP contribution >= 0.6 is 15.9 Å². The highest BCUT2D eigenvalue weighted by atomic mass is 79.9. The highest BCUT2D eigenvalue weighted by Gasteiger charge is 2.16. The fraction of sp³-hybridized carbons (Fsp3) is 0.118. The van der Waals surface area contributed by atoms with Crippen LogP contribution in [0.3, 0.4) is 0 Å². The molecule has 0 aliphatic heterocycles. The van der Waals surface area contributed by atoms with Crippen LogP contribution in [-0.2, 0) is 16.1 Å². The van der Waals surface area contributed by atoms with Gasteiger partial charge in [0.05, 0.1) is 18.4 Å². The van der Waals surface area contributed by atoms with Gasteiger partial charge in [-0.3, -0.25) is 10.1 Å². The van der Waals surface area contributed by atoms with Gasteiger partial charge in [0.1, 0.15) is 5.76 Å². The van der Waals surface area contributed by atoms with E-state index in [9.17, 15) is 14.4 Å². The number of urea groups is 1. The summed E-state index contributed by atoms with van der Waals surface area (Å²) in [4.78, 5) is 38.4.